The maximum Gasteiger partial charge on any atom is 0.259 e. The second-order valence-electron chi connectivity index (χ2n) is 6.68. The number of aryl methyl sites for hydroxylation is 2. The third-order valence-electron chi connectivity index (χ3n) is 4.59. The van der Waals surface area contributed by atoms with Crippen LogP contribution < -0.4 is 15.9 Å². The number of aromatic nitrogens is 2. The highest BCUT2D eigenvalue weighted by molar-refractivity contribution is 7.18. The van der Waals surface area contributed by atoms with Gasteiger partial charge >= 0.3 is 0 Å². The highest BCUT2D eigenvalue weighted by Gasteiger charge is 2.13. The Labute approximate surface area is 171 Å². The van der Waals surface area contributed by atoms with Crippen molar-refractivity contribution in [1.82, 2.24) is 15.4 Å². The van der Waals surface area contributed by atoms with E-state index in [9.17, 15) is 9.59 Å². The van der Waals surface area contributed by atoms with Gasteiger partial charge in [0.25, 0.3) is 5.56 Å². The summed E-state index contributed by atoms with van der Waals surface area (Å²) in [5, 5.41) is 13.5. The molecule has 0 aliphatic heterocycles. The lowest BCUT2D eigenvalue weighted by Crippen LogP contribution is -2.23. The van der Waals surface area contributed by atoms with Crippen LogP contribution in [0.1, 0.15) is 21.8 Å². The first kappa shape index (κ1) is 20.7. The first-order chi connectivity index (χ1) is 13.9. The number of thiophene rings is 1. The Bertz CT molecular complexity index is 1100. The van der Waals surface area contributed by atoms with E-state index in [0.717, 1.165) is 21.7 Å². The molecule has 3 rings (SSSR count). The topological polar surface area (TPSA) is 111 Å². The van der Waals surface area contributed by atoms with Crippen molar-refractivity contribution in [1.29, 1.82) is 0 Å². The molecular weight excluding hydrogens is 390 g/mol. The molecule has 1 amide bonds. The number of nitrogens with zero attached hydrogens (tertiary/aromatic N) is 3. The Morgan fingerprint density at radius 3 is 2.76 bits per heavy atom. The van der Waals surface area contributed by atoms with E-state index in [4.69, 9.17) is 5.11 Å². The minimum absolute atomic E-state index is 0.0661. The van der Waals surface area contributed by atoms with E-state index in [0.29, 0.717) is 22.6 Å². The van der Waals surface area contributed by atoms with Gasteiger partial charge in [-0.2, -0.15) is 5.10 Å². The van der Waals surface area contributed by atoms with Crippen molar-refractivity contribution in [2.24, 2.45) is 5.10 Å². The maximum atomic E-state index is 12.3. The summed E-state index contributed by atoms with van der Waals surface area (Å²) < 4.78 is 0. The highest BCUT2D eigenvalue weighted by atomic mass is 32.1. The molecule has 0 bridgehead atoms. The second kappa shape index (κ2) is 8.97. The quantitative estimate of drug-likeness (QED) is 0.404. The van der Waals surface area contributed by atoms with Crippen molar-refractivity contribution in [2.45, 2.75) is 20.3 Å². The maximum absolute atomic E-state index is 12.3. The predicted octanol–water partition coefficient (Wildman–Crippen LogP) is 1.72. The van der Waals surface area contributed by atoms with Crippen molar-refractivity contribution in [3.8, 4) is 0 Å². The highest BCUT2D eigenvalue weighted by Crippen LogP contribution is 2.25. The van der Waals surface area contributed by atoms with Gasteiger partial charge in [-0.05, 0) is 37.1 Å². The molecule has 0 aliphatic carbocycles. The van der Waals surface area contributed by atoms with Crippen LogP contribution in [-0.2, 0) is 11.2 Å². The largest absolute Gasteiger partial charge is 0.395 e. The fourth-order valence-electron chi connectivity index (χ4n) is 2.85. The molecule has 2 heterocycles. The zero-order valence-electron chi connectivity index (χ0n) is 16.5. The molecule has 9 heteroatoms. The van der Waals surface area contributed by atoms with Gasteiger partial charge in [0, 0.05) is 24.2 Å². The standard InChI is InChI=1S/C20H23N5O3S/c1-12-13(2)29-20-18(12)19(28)22-16(23-20)10-17(27)24-21-11-14-4-6-15(7-5-14)25(3)8-9-26/h4-7,11,26H,8-10H2,1-3H3,(H,24,27)(H,22,23,28)/b21-11+. The number of aliphatic hydroxyl groups excluding tert-OH is 1. The summed E-state index contributed by atoms with van der Waals surface area (Å²) in [7, 11) is 1.90. The van der Waals surface area contributed by atoms with Crippen molar-refractivity contribution >= 4 is 39.4 Å². The zero-order chi connectivity index (χ0) is 21.0. The fourth-order valence-corrected chi connectivity index (χ4v) is 3.90. The summed E-state index contributed by atoms with van der Waals surface area (Å²) in [6, 6.07) is 7.56. The van der Waals surface area contributed by atoms with Gasteiger partial charge in [-0.3, -0.25) is 9.59 Å². The van der Waals surface area contributed by atoms with E-state index < -0.39 is 0 Å². The predicted molar refractivity (Wildman–Crippen MR) is 116 cm³/mol. The van der Waals surface area contributed by atoms with E-state index in [-0.39, 0.29) is 24.5 Å². The molecule has 3 aromatic rings. The number of aromatic amines is 1. The number of benzene rings is 1. The molecule has 2 aromatic heterocycles. The summed E-state index contributed by atoms with van der Waals surface area (Å²) in [4.78, 5) is 35.1. The van der Waals surface area contributed by atoms with Gasteiger partial charge in [-0.1, -0.05) is 12.1 Å². The van der Waals surface area contributed by atoms with Gasteiger partial charge in [-0.15, -0.1) is 11.3 Å². The van der Waals surface area contributed by atoms with Gasteiger partial charge in [0.05, 0.1) is 24.6 Å². The molecule has 1 aromatic carbocycles. The third-order valence-corrected chi connectivity index (χ3v) is 5.69. The molecule has 0 spiro atoms. The number of amides is 1. The van der Waals surface area contributed by atoms with Crippen molar-refractivity contribution in [2.75, 3.05) is 25.1 Å². The number of carbonyl (C=O) groups excluding carboxylic acids is 1. The number of carbonyl (C=O) groups is 1. The van der Waals surface area contributed by atoms with Crippen LogP contribution in [0.4, 0.5) is 5.69 Å². The molecule has 0 saturated carbocycles. The summed E-state index contributed by atoms with van der Waals surface area (Å²) in [5.41, 5.74) is 4.95. The molecule has 0 atom stereocenters. The Balaban J connectivity index is 1.61. The Hall–Kier alpha value is -3.04. The van der Waals surface area contributed by atoms with Crippen LogP contribution in [0.3, 0.4) is 0 Å². The number of nitrogens with one attached hydrogen (secondary N) is 2. The van der Waals surface area contributed by atoms with Crippen LogP contribution in [0, 0.1) is 13.8 Å². The Morgan fingerprint density at radius 1 is 1.34 bits per heavy atom. The number of anilines is 1. The van der Waals surface area contributed by atoms with Crippen LogP contribution in [0.5, 0.6) is 0 Å². The number of likely N-dealkylation sites (N-methyl/N-ethyl adjacent to an activating group) is 1. The summed E-state index contributed by atoms with van der Waals surface area (Å²) in [6.45, 7) is 4.48. The molecule has 0 unspecified atom stereocenters. The number of aliphatic hydroxyl groups is 1. The minimum Gasteiger partial charge on any atom is -0.395 e. The van der Waals surface area contributed by atoms with Crippen LogP contribution in [-0.4, -0.2) is 47.4 Å². The molecular formula is C20H23N5O3S. The van der Waals surface area contributed by atoms with E-state index >= 15 is 0 Å². The molecule has 0 saturated heterocycles. The molecule has 152 valence electrons. The lowest BCUT2D eigenvalue weighted by molar-refractivity contribution is -0.120. The van der Waals surface area contributed by atoms with Gasteiger partial charge < -0.3 is 15.0 Å². The van der Waals surface area contributed by atoms with Crippen LogP contribution in [0.15, 0.2) is 34.2 Å². The van der Waals surface area contributed by atoms with E-state index in [2.05, 4.69) is 20.5 Å². The smallest absolute Gasteiger partial charge is 0.259 e. The lowest BCUT2D eigenvalue weighted by atomic mass is 10.2. The van der Waals surface area contributed by atoms with Crippen LogP contribution >= 0.6 is 11.3 Å². The van der Waals surface area contributed by atoms with Gasteiger partial charge in [0.1, 0.15) is 10.7 Å². The number of fused-ring (bicyclic) bond motifs is 1. The van der Waals surface area contributed by atoms with Crippen LogP contribution in [0.2, 0.25) is 0 Å². The summed E-state index contributed by atoms with van der Waals surface area (Å²) in [6.07, 6.45) is 1.47. The van der Waals surface area contributed by atoms with Crippen molar-refractivity contribution in [3.05, 3.63) is 56.4 Å². The lowest BCUT2D eigenvalue weighted by Gasteiger charge is -2.17. The van der Waals surface area contributed by atoms with E-state index in [1.165, 1.54) is 11.3 Å². The van der Waals surface area contributed by atoms with Crippen molar-refractivity contribution < 1.29 is 9.90 Å². The molecule has 8 nitrogen and oxygen atoms in total. The number of rotatable bonds is 7. The monoisotopic (exact) mass is 413 g/mol. The molecule has 0 radical (unpaired) electrons. The summed E-state index contributed by atoms with van der Waals surface area (Å²) in [5.74, 6) is -0.0548. The molecule has 3 N–H and O–H groups in total. The average Bonchev–Trinajstić information content (AvgIpc) is 2.96. The number of H-pyrrole nitrogens is 1. The summed E-state index contributed by atoms with van der Waals surface area (Å²) >= 11 is 1.45. The zero-order valence-corrected chi connectivity index (χ0v) is 17.3. The first-order valence-corrected chi connectivity index (χ1v) is 9.93. The minimum atomic E-state index is -0.368. The van der Waals surface area contributed by atoms with Gasteiger partial charge in [0.15, 0.2) is 0 Å². The van der Waals surface area contributed by atoms with Crippen LogP contribution in [0.25, 0.3) is 10.2 Å². The molecule has 29 heavy (non-hydrogen) atoms. The normalized spacial score (nSPS) is 11.3. The van der Waals surface area contributed by atoms with Crippen molar-refractivity contribution in [3.63, 3.8) is 0 Å². The molecule has 0 fully saturated rings. The Morgan fingerprint density at radius 2 is 2.07 bits per heavy atom. The number of hydrazone groups is 1. The number of hydrogen-bond acceptors (Lipinski definition) is 7. The van der Waals surface area contributed by atoms with Gasteiger partial charge in [-0.25, -0.2) is 10.4 Å². The van der Waals surface area contributed by atoms with E-state index in [1.807, 2.05) is 50.1 Å². The third kappa shape index (κ3) is 4.87. The first-order valence-electron chi connectivity index (χ1n) is 9.12. The van der Waals surface area contributed by atoms with Gasteiger partial charge in [0.2, 0.25) is 5.91 Å². The average molecular weight is 414 g/mol. The number of hydrogen-bond donors (Lipinski definition) is 3. The van der Waals surface area contributed by atoms with E-state index in [1.54, 1.807) is 6.21 Å². The SMILES string of the molecule is Cc1sc2nc(CC(=O)N/N=C/c3ccc(N(C)CCO)cc3)[nH]c(=O)c2c1C. The second-order valence-corrected chi connectivity index (χ2v) is 7.89. The fraction of sp³-hybridized carbons (Fsp3) is 0.300. The Kier molecular flexibility index (Phi) is 6.40. The molecule has 0 aliphatic rings.